The molecule has 0 radical (unpaired) electrons. The van der Waals surface area contributed by atoms with Crippen molar-refractivity contribution in [3.8, 4) is 16.9 Å². The first-order valence-corrected chi connectivity index (χ1v) is 9.78. The molecule has 2 aromatic heterocycles. The maximum absolute atomic E-state index is 12.3. The quantitative estimate of drug-likeness (QED) is 0.657. The number of benzene rings is 1. The number of furan rings is 1. The van der Waals surface area contributed by atoms with E-state index in [-0.39, 0.29) is 5.56 Å². The summed E-state index contributed by atoms with van der Waals surface area (Å²) < 4.78 is 25.1. The van der Waals surface area contributed by atoms with Gasteiger partial charge >= 0.3 is 0 Å². The second-order valence-corrected chi connectivity index (χ2v) is 7.87. The number of ether oxygens (including phenoxy) is 1. The van der Waals surface area contributed by atoms with E-state index < -0.39 is 11.2 Å². The standard InChI is InChI=1S/C19H19NO4S/c1-20-10-16(18-14(19(20)21)7-8-23-18)15-9-13(25(2)22)5-6-17(15)24-11-12-3-4-12/h5-10,12H,3-4,11H2,1-2H3. The maximum Gasteiger partial charge on any atom is 0.261 e. The first-order chi connectivity index (χ1) is 12.0. The van der Waals surface area contributed by atoms with Crippen molar-refractivity contribution in [1.29, 1.82) is 0 Å². The lowest BCUT2D eigenvalue weighted by Crippen LogP contribution is -2.16. The van der Waals surface area contributed by atoms with Crippen molar-refractivity contribution in [3.63, 3.8) is 0 Å². The number of hydrogen-bond donors (Lipinski definition) is 0. The van der Waals surface area contributed by atoms with Gasteiger partial charge in [-0.25, -0.2) is 0 Å². The summed E-state index contributed by atoms with van der Waals surface area (Å²) in [4.78, 5) is 13.0. The predicted octanol–water partition coefficient (Wildman–Crippen LogP) is 3.32. The Kier molecular flexibility index (Phi) is 4.09. The van der Waals surface area contributed by atoms with Gasteiger partial charge in [0.05, 0.1) is 18.3 Å². The van der Waals surface area contributed by atoms with Gasteiger partial charge in [0.2, 0.25) is 0 Å². The van der Waals surface area contributed by atoms with Crippen LogP contribution in [0.4, 0.5) is 0 Å². The largest absolute Gasteiger partial charge is 0.612 e. The molecule has 25 heavy (non-hydrogen) atoms. The fourth-order valence-corrected chi connectivity index (χ4v) is 3.44. The first kappa shape index (κ1) is 16.3. The van der Waals surface area contributed by atoms with Crippen LogP contribution in [0, 0.1) is 5.92 Å². The molecule has 1 fully saturated rings. The lowest BCUT2D eigenvalue weighted by Gasteiger charge is -2.14. The van der Waals surface area contributed by atoms with Crippen molar-refractivity contribution in [2.24, 2.45) is 13.0 Å². The van der Waals surface area contributed by atoms with E-state index >= 15 is 0 Å². The Balaban J connectivity index is 1.90. The summed E-state index contributed by atoms with van der Waals surface area (Å²) in [6, 6.07) is 7.21. The summed E-state index contributed by atoms with van der Waals surface area (Å²) in [6.07, 6.45) is 7.31. The second kappa shape index (κ2) is 6.28. The predicted molar refractivity (Wildman–Crippen MR) is 97.4 cm³/mol. The van der Waals surface area contributed by atoms with E-state index in [9.17, 15) is 9.35 Å². The van der Waals surface area contributed by atoms with E-state index in [0.29, 0.717) is 28.4 Å². The summed E-state index contributed by atoms with van der Waals surface area (Å²) in [5.74, 6) is 1.34. The van der Waals surface area contributed by atoms with Gasteiger partial charge in [0.25, 0.3) is 5.56 Å². The molecule has 6 heteroatoms. The van der Waals surface area contributed by atoms with Crippen molar-refractivity contribution in [3.05, 3.63) is 47.1 Å². The van der Waals surface area contributed by atoms with Crippen molar-refractivity contribution < 1.29 is 13.7 Å². The molecule has 130 valence electrons. The van der Waals surface area contributed by atoms with E-state index in [1.165, 1.54) is 23.7 Å². The van der Waals surface area contributed by atoms with Crippen LogP contribution in [-0.4, -0.2) is 22.0 Å². The molecular formula is C19H19NO4S. The molecule has 4 rings (SSSR count). The van der Waals surface area contributed by atoms with Crippen LogP contribution in [-0.2, 0) is 18.2 Å². The zero-order valence-corrected chi connectivity index (χ0v) is 15.0. The minimum Gasteiger partial charge on any atom is -0.612 e. The molecule has 1 aliphatic carbocycles. The number of fused-ring (bicyclic) bond motifs is 1. The van der Waals surface area contributed by atoms with E-state index in [2.05, 4.69) is 0 Å². The summed E-state index contributed by atoms with van der Waals surface area (Å²) in [5.41, 5.74) is 1.98. The molecule has 0 saturated heterocycles. The molecule has 0 N–H and O–H groups in total. The third-order valence-electron chi connectivity index (χ3n) is 4.53. The molecule has 5 nitrogen and oxygen atoms in total. The second-order valence-electron chi connectivity index (χ2n) is 6.49. The zero-order valence-electron chi connectivity index (χ0n) is 14.2. The highest BCUT2D eigenvalue weighted by molar-refractivity contribution is 7.90. The Morgan fingerprint density at radius 3 is 2.84 bits per heavy atom. The molecular weight excluding hydrogens is 338 g/mol. The summed E-state index contributed by atoms with van der Waals surface area (Å²) >= 11 is -1.11. The van der Waals surface area contributed by atoms with E-state index in [1.54, 1.807) is 25.6 Å². The Bertz CT molecular complexity index is 985. The summed E-state index contributed by atoms with van der Waals surface area (Å²) in [6.45, 7) is 0.675. The normalized spacial score (nSPS) is 15.5. The highest BCUT2D eigenvalue weighted by atomic mass is 32.2. The van der Waals surface area contributed by atoms with Gasteiger partial charge in [0.15, 0.2) is 4.90 Å². The van der Waals surface area contributed by atoms with Crippen LogP contribution >= 0.6 is 0 Å². The van der Waals surface area contributed by atoms with Crippen molar-refractivity contribution in [2.45, 2.75) is 17.7 Å². The number of hydrogen-bond acceptors (Lipinski definition) is 4. The van der Waals surface area contributed by atoms with Crippen molar-refractivity contribution in [1.82, 2.24) is 4.57 Å². The Morgan fingerprint density at radius 2 is 2.12 bits per heavy atom. The molecule has 0 spiro atoms. The Morgan fingerprint density at radius 1 is 1.32 bits per heavy atom. The highest BCUT2D eigenvalue weighted by Gasteiger charge is 2.24. The minimum atomic E-state index is -1.11. The van der Waals surface area contributed by atoms with Gasteiger partial charge < -0.3 is 18.3 Å². The molecule has 3 aromatic rings. The maximum atomic E-state index is 12.3. The summed E-state index contributed by atoms with van der Waals surface area (Å²) in [5, 5.41) is 0.524. The SMILES string of the molecule is Cn1cc(-c2cc([S+](C)[O-])ccc2OCC2CC2)c2occc2c1=O. The van der Waals surface area contributed by atoms with Crippen molar-refractivity contribution in [2.75, 3.05) is 12.9 Å². The van der Waals surface area contributed by atoms with Gasteiger partial charge in [-0.15, -0.1) is 0 Å². The summed E-state index contributed by atoms with van der Waals surface area (Å²) in [7, 11) is 1.71. The lowest BCUT2D eigenvalue weighted by molar-refractivity contribution is 0.301. The fourth-order valence-electron chi connectivity index (χ4n) is 2.90. The lowest BCUT2D eigenvalue weighted by atomic mass is 10.0. The van der Waals surface area contributed by atoms with Gasteiger partial charge in [-0.2, -0.15) is 0 Å². The monoisotopic (exact) mass is 357 g/mol. The van der Waals surface area contributed by atoms with Crippen LogP contribution in [0.5, 0.6) is 5.75 Å². The molecule has 2 heterocycles. The molecule has 1 aromatic carbocycles. The number of aryl methyl sites for hydroxylation is 1. The van der Waals surface area contributed by atoms with Crippen LogP contribution in [0.1, 0.15) is 12.8 Å². The number of nitrogens with zero attached hydrogens (tertiary/aromatic N) is 1. The number of pyridine rings is 1. The van der Waals surface area contributed by atoms with Crippen LogP contribution in [0.25, 0.3) is 22.1 Å². The molecule has 1 atom stereocenters. The highest BCUT2D eigenvalue weighted by Crippen LogP contribution is 2.37. The average Bonchev–Trinajstić information content (AvgIpc) is 3.30. The first-order valence-electron chi connectivity index (χ1n) is 8.22. The molecule has 1 unspecified atom stereocenters. The number of rotatable bonds is 5. The zero-order chi connectivity index (χ0) is 17.6. The van der Waals surface area contributed by atoms with E-state index in [1.807, 2.05) is 18.2 Å². The Hall–Kier alpha value is -2.18. The van der Waals surface area contributed by atoms with Crippen molar-refractivity contribution >= 4 is 22.1 Å². The van der Waals surface area contributed by atoms with Gasteiger partial charge in [0, 0.05) is 30.4 Å². The van der Waals surface area contributed by atoms with Gasteiger partial charge in [-0.1, -0.05) is 0 Å². The number of aromatic nitrogens is 1. The van der Waals surface area contributed by atoms with Gasteiger partial charge in [-0.3, -0.25) is 4.79 Å². The van der Waals surface area contributed by atoms with E-state index in [0.717, 1.165) is 16.9 Å². The fraction of sp³-hybridized carbons (Fsp3) is 0.316. The molecule has 0 bridgehead atoms. The van der Waals surface area contributed by atoms with Crippen LogP contribution in [0.3, 0.4) is 0 Å². The Labute approximate surface area is 148 Å². The van der Waals surface area contributed by atoms with Gasteiger partial charge in [-0.05, 0) is 48.1 Å². The van der Waals surface area contributed by atoms with Crippen LogP contribution < -0.4 is 10.3 Å². The minimum absolute atomic E-state index is 0.108. The topological polar surface area (TPSA) is 67.4 Å². The molecule has 1 aliphatic rings. The molecule has 0 aliphatic heterocycles. The third kappa shape index (κ3) is 3.07. The van der Waals surface area contributed by atoms with Crippen LogP contribution in [0.2, 0.25) is 0 Å². The van der Waals surface area contributed by atoms with Crippen LogP contribution in [0.15, 0.2) is 50.8 Å². The molecule has 1 saturated carbocycles. The van der Waals surface area contributed by atoms with E-state index in [4.69, 9.17) is 9.15 Å². The molecule has 0 amide bonds. The van der Waals surface area contributed by atoms with Gasteiger partial charge in [0.1, 0.15) is 17.6 Å². The third-order valence-corrected chi connectivity index (χ3v) is 5.45. The smallest absolute Gasteiger partial charge is 0.261 e. The average molecular weight is 357 g/mol.